The Hall–Kier alpha value is -1.26. The molecule has 1 saturated carbocycles. The molecule has 0 aromatic heterocycles. The minimum absolute atomic E-state index is 0.131. The van der Waals surface area contributed by atoms with Gasteiger partial charge in [-0.3, -0.25) is 0 Å². The molecule has 5 nitrogen and oxygen atoms in total. The molecule has 0 radical (unpaired) electrons. The molecule has 2 rings (SSSR count). The fraction of sp³-hybridized carbons (Fsp3) is 0.846. The third kappa shape index (κ3) is 2.44. The minimum atomic E-state index is -1.00. The summed E-state index contributed by atoms with van der Waals surface area (Å²) < 4.78 is 0. The molecule has 18 heavy (non-hydrogen) atoms. The number of carboxylic acid groups (broad SMARTS) is 1. The molecule has 5 heteroatoms. The number of likely N-dealkylation sites (tertiary alicyclic amines) is 1. The van der Waals surface area contributed by atoms with Crippen molar-refractivity contribution in [3.8, 4) is 0 Å². The highest BCUT2D eigenvalue weighted by Gasteiger charge is 2.46. The van der Waals surface area contributed by atoms with Crippen LogP contribution in [0, 0.1) is 5.41 Å². The van der Waals surface area contributed by atoms with Crippen molar-refractivity contribution in [3.05, 3.63) is 0 Å². The first-order valence-corrected chi connectivity index (χ1v) is 6.65. The van der Waals surface area contributed by atoms with E-state index < -0.39 is 11.5 Å². The van der Waals surface area contributed by atoms with Gasteiger partial charge >= 0.3 is 12.0 Å². The highest BCUT2D eigenvalue weighted by atomic mass is 16.4. The van der Waals surface area contributed by atoms with Gasteiger partial charge in [0.15, 0.2) is 0 Å². The van der Waals surface area contributed by atoms with Gasteiger partial charge in [0, 0.05) is 13.1 Å². The zero-order chi connectivity index (χ0) is 13.4. The molecule has 2 amide bonds. The number of nitrogens with zero attached hydrogens (tertiary/aromatic N) is 1. The fourth-order valence-corrected chi connectivity index (χ4v) is 2.80. The lowest BCUT2D eigenvalue weighted by Gasteiger charge is -2.43. The topological polar surface area (TPSA) is 69.6 Å². The van der Waals surface area contributed by atoms with Crippen molar-refractivity contribution in [3.63, 3.8) is 0 Å². The molecule has 1 saturated heterocycles. The van der Waals surface area contributed by atoms with Crippen LogP contribution in [0.2, 0.25) is 0 Å². The van der Waals surface area contributed by atoms with Gasteiger partial charge in [-0.05, 0) is 37.5 Å². The van der Waals surface area contributed by atoms with Crippen LogP contribution >= 0.6 is 0 Å². The Morgan fingerprint density at radius 3 is 2.28 bits per heavy atom. The van der Waals surface area contributed by atoms with Crippen LogP contribution in [-0.2, 0) is 4.79 Å². The maximum absolute atomic E-state index is 12.2. The van der Waals surface area contributed by atoms with Crippen molar-refractivity contribution in [1.82, 2.24) is 10.2 Å². The molecule has 0 aromatic carbocycles. The van der Waals surface area contributed by atoms with Crippen LogP contribution in [0.25, 0.3) is 0 Å². The predicted octanol–water partition coefficient (Wildman–Crippen LogP) is 1.83. The van der Waals surface area contributed by atoms with E-state index in [1.165, 1.54) is 0 Å². The predicted molar refractivity (Wildman–Crippen MR) is 67.3 cm³/mol. The summed E-state index contributed by atoms with van der Waals surface area (Å²) in [5.41, 5.74) is -0.871. The minimum Gasteiger partial charge on any atom is -0.480 e. The molecule has 0 spiro atoms. The van der Waals surface area contributed by atoms with Crippen LogP contribution in [0.4, 0.5) is 4.79 Å². The molecule has 2 fully saturated rings. The third-order valence-electron chi connectivity index (χ3n) is 4.15. The Morgan fingerprint density at radius 2 is 1.83 bits per heavy atom. The maximum atomic E-state index is 12.2. The molecule has 1 aliphatic carbocycles. The van der Waals surface area contributed by atoms with E-state index in [1.807, 2.05) is 0 Å². The number of nitrogens with one attached hydrogen (secondary N) is 1. The second-order valence-corrected chi connectivity index (χ2v) is 6.36. The highest BCUT2D eigenvalue weighted by molar-refractivity contribution is 5.87. The number of hydrogen-bond donors (Lipinski definition) is 2. The summed E-state index contributed by atoms with van der Waals surface area (Å²) in [6, 6.07) is -0.218. The second-order valence-electron chi connectivity index (χ2n) is 6.36. The number of aliphatic carboxylic acids is 1. The van der Waals surface area contributed by atoms with Crippen molar-refractivity contribution in [2.75, 3.05) is 13.1 Å². The zero-order valence-electron chi connectivity index (χ0n) is 11.2. The normalized spacial score (nSPS) is 25.1. The molecular weight excluding hydrogens is 232 g/mol. The maximum Gasteiger partial charge on any atom is 0.329 e. The van der Waals surface area contributed by atoms with Crippen LogP contribution in [0.15, 0.2) is 0 Å². The third-order valence-corrected chi connectivity index (χ3v) is 4.15. The van der Waals surface area contributed by atoms with Crippen molar-refractivity contribution in [2.24, 2.45) is 5.41 Å². The Labute approximate surface area is 108 Å². The van der Waals surface area contributed by atoms with E-state index >= 15 is 0 Å². The SMILES string of the molecule is CC1(C)CCCN(C(=O)NC2(C(=O)O)CCC2)C1. The summed E-state index contributed by atoms with van der Waals surface area (Å²) in [6.45, 7) is 5.71. The first kappa shape index (κ1) is 13.2. The molecule has 1 heterocycles. The molecule has 102 valence electrons. The molecule has 2 N–H and O–H groups in total. The van der Waals surface area contributed by atoms with Crippen molar-refractivity contribution < 1.29 is 14.7 Å². The number of hydrogen-bond acceptors (Lipinski definition) is 2. The largest absolute Gasteiger partial charge is 0.480 e. The van der Waals surface area contributed by atoms with Gasteiger partial charge < -0.3 is 15.3 Å². The number of carbonyl (C=O) groups excluding carboxylic acids is 1. The Bertz CT molecular complexity index is 361. The van der Waals surface area contributed by atoms with Gasteiger partial charge in [0.1, 0.15) is 5.54 Å². The number of amides is 2. The van der Waals surface area contributed by atoms with Gasteiger partial charge in [0.25, 0.3) is 0 Å². The fourth-order valence-electron chi connectivity index (χ4n) is 2.80. The van der Waals surface area contributed by atoms with Crippen molar-refractivity contribution in [1.29, 1.82) is 0 Å². The summed E-state index contributed by atoms with van der Waals surface area (Å²) in [5, 5.41) is 11.9. The summed E-state index contributed by atoms with van der Waals surface area (Å²) in [7, 11) is 0. The monoisotopic (exact) mass is 254 g/mol. The standard InChI is InChI=1S/C13H22N2O3/c1-12(2)5-4-8-15(9-12)11(18)14-13(10(16)17)6-3-7-13/h3-9H2,1-2H3,(H,14,18)(H,16,17). The average molecular weight is 254 g/mol. The van der Waals surface area contributed by atoms with Crippen LogP contribution < -0.4 is 5.32 Å². The van der Waals surface area contributed by atoms with E-state index in [4.69, 9.17) is 0 Å². The van der Waals surface area contributed by atoms with Crippen LogP contribution in [0.3, 0.4) is 0 Å². The quantitative estimate of drug-likeness (QED) is 0.789. The van der Waals surface area contributed by atoms with E-state index in [2.05, 4.69) is 19.2 Å². The van der Waals surface area contributed by atoms with Gasteiger partial charge in [-0.25, -0.2) is 9.59 Å². The van der Waals surface area contributed by atoms with Crippen LogP contribution in [0.5, 0.6) is 0 Å². The van der Waals surface area contributed by atoms with Crippen LogP contribution in [0.1, 0.15) is 46.0 Å². The lowest BCUT2D eigenvalue weighted by Crippen LogP contribution is -2.62. The smallest absolute Gasteiger partial charge is 0.329 e. The molecule has 2 aliphatic rings. The van der Waals surface area contributed by atoms with Gasteiger partial charge in [-0.1, -0.05) is 13.8 Å². The Balaban J connectivity index is 1.97. The lowest BCUT2D eigenvalue weighted by molar-refractivity contribution is -0.148. The van der Waals surface area contributed by atoms with Gasteiger partial charge in [-0.15, -0.1) is 0 Å². The van der Waals surface area contributed by atoms with Crippen LogP contribution in [-0.4, -0.2) is 40.6 Å². The number of rotatable bonds is 2. The lowest BCUT2D eigenvalue weighted by atomic mass is 9.77. The van der Waals surface area contributed by atoms with E-state index in [0.717, 1.165) is 25.8 Å². The first-order valence-electron chi connectivity index (χ1n) is 6.65. The van der Waals surface area contributed by atoms with E-state index in [1.54, 1.807) is 4.90 Å². The summed E-state index contributed by atoms with van der Waals surface area (Å²) in [5.74, 6) is -0.904. The number of carboxylic acids is 1. The molecular formula is C13H22N2O3. The molecule has 1 aliphatic heterocycles. The van der Waals surface area contributed by atoms with E-state index in [0.29, 0.717) is 19.4 Å². The zero-order valence-corrected chi connectivity index (χ0v) is 11.2. The number of piperidine rings is 1. The first-order chi connectivity index (χ1) is 8.35. The number of urea groups is 1. The summed E-state index contributed by atoms with van der Waals surface area (Å²) in [4.78, 5) is 25.1. The summed E-state index contributed by atoms with van der Waals surface area (Å²) in [6.07, 6.45) is 4.07. The van der Waals surface area contributed by atoms with Gasteiger partial charge in [-0.2, -0.15) is 0 Å². The number of carbonyl (C=O) groups is 2. The highest BCUT2D eigenvalue weighted by Crippen LogP contribution is 2.33. The Morgan fingerprint density at radius 1 is 1.17 bits per heavy atom. The second kappa shape index (κ2) is 4.44. The van der Waals surface area contributed by atoms with Crippen molar-refractivity contribution >= 4 is 12.0 Å². The van der Waals surface area contributed by atoms with E-state index in [-0.39, 0.29) is 11.4 Å². The van der Waals surface area contributed by atoms with Gasteiger partial charge in [0.05, 0.1) is 0 Å². The summed E-state index contributed by atoms with van der Waals surface area (Å²) >= 11 is 0. The Kier molecular flexibility index (Phi) is 3.25. The molecule has 0 aromatic rings. The van der Waals surface area contributed by atoms with Crippen molar-refractivity contribution in [2.45, 2.75) is 51.5 Å². The van der Waals surface area contributed by atoms with E-state index in [9.17, 15) is 14.7 Å². The molecule has 0 unspecified atom stereocenters. The average Bonchev–Trinajstić information content (AvgIpc) is 2.21. The van der Waals surface area contributed by atoms with Gasteiger partial charge in [0.2, 0.25) is 0 Å². The molecule has 0 atom stereocenters. The molecule has 0 bridgehead atoms.